The second-order valence-corrected chi connectivity index (χ2v) is 7.12. The number of hydrogen-bond acceptors (Lipinski definition) is 2. The van der Waals surface area contributed by atoms with Crippen LogP contribution in [0.5, 0.6) is 0 Å². The van der Waals surface area contributed by atoms with Crippen LogP contribution in [0.3, 0.4) is 0 Å². The molecule has 0 heterocycles. The van der Waals surface area contributed by atoms with E-state index in [4.69, 9.17) is 11.6 Å². The van der Waals surface area contributed by atoms with Crippen LogP contribution in [0.1, 0.15) is 36.1 Å². The van der Waals surface area contributed by atoms with Crippen molar-refractivity contribution in [1.82, 2.24) is 5.32 Å². The van der Waals surface area contributed by atoms with Gasteiger partial charge in [0.1, 0.15) is 0 Å². The molecule has 0 saturated carbocycles. The molecule has 1 N–H and O–H groups in total. The molecule has 0 aliphatic carbocycles. The minimum absolute atomic E-state index is 0.0526. The molecule has 0 unspecified atom stereocenters. The highest BCUT2D eigenvalue weighted by Crippen LogP contribution is 2.23. The number of aryl methyl sites for hydroxylation is 2. The first kappa shape index (κ1) is 17.9. The molecule has 2 rings (SSSR count). The minimum atomic E-state index is 0.0526. The van der Waals surface area contributed by atoms with Gasteiger partial charge in [-0.1, -0.05) is 42.3 Å². The number of nitrogens with one attached hydrogen (secondary N) is 1. The number of amides is 1. The number of rotatable bonds is 6. The SMILES string of the molecule is CC[C@H](NC(=O)CSc1ccc(Cl)cc1)c1ccc(C)cc1C. The van der Waals surface area contributed by atoms with Crippen molar-refractivity contribution in [1.29, 1.82) is 0 Å². The van der Waals surface area contributed by atoms with Gasteiger partial charge in [0.15, 0.2) is 0 Å². The summed E-state index contributed by atoms with van der Waals surface area (Å²) in [5.74, 6) is 0.458. The molecule has 23 heavy (non-hydrogen) atoms. The average Bonchev–Trinajstić information content (AvgIpc) is 2.52. The summed E-state index contributed by atoms with van der Waals surface area (Å²) in [6.45, 7) is 6.27. The smallest absolute Gasteiger partial charge is 0.230 e. The van der Waals surface area contributed by atoms with E-state index in [9.17, 15) is 4.79 Å². The van der Waals surface area contributed by atoms with Gasteiger partial charge in [0.2, 0.25) is 5.91 Å². The van der Waals surface area contributed by atoms with E-state index in [1.807, 2.05) is 24.3 Å². The van der Waals surface area contributed by atoms with Gasteiger partial charge >= 0.3 is 0 Å². The van der Waals surface area contributed by atoms with Crippen LogP contribution in [0.2, 0.25) is 5.02 Å². The Morgan fingerprint density at radius 2 is 1.87 bits per heavy atom. The molecule has 0 spiro atoms. The summed E-state index contributed by atoms with van der Waals surface area (Å²) in [6, 6.07) is 14.0. The van der Waals surface area contributed by atoms with Crippen molar-refractivity contribution in [2.24, 2.45) is 0 Å². The summed E-state index contributed by atoms with van der Waals surface area (Å²) in [4.78, 5) is 13.3. The van der Waals surface area contributed by atoms with E-state index in [1.54, 1.807) is 0 Å². The maximum Gasteiger partial charge on any atom is 0.230 e. The molecule has 0 radical (unpaired) electrons. The molecule has 1 atom stereocenters. The molecule has 2 aromatic rings. The maximum absolute atomic E-state index is 12.2. The number of benzene rings is 2. The third-order valence-corrected chi connectivity index (χ3v) is 4.99. The summed E-state index contributed by atoms with van der Waals surface area (Å²) >= 11 is 7.39. The summed E-state index contributed by atoms with van der Waals surface area (Å²) in [5, 5.41) is 3.85. The lowest BCUT2D eigenvalue weighted by atomic mass is 9.97. The van der Waals surface area contributed by atoms with E-state index < -0.39 is 0 Å². The van der Waals surface area contributed by atoms with Gasteiger partial charge in [-0.25, -0.2) is 0 Å². The molecule has 122 valence electrons. The molecule has 2 aromatic carbocycles. The van der Waals surface area contributed by atoms with Gasteiger partial charge in [0.25, 0.3) is 0 Å². The van der Waals surface area contributed by atoms with E-state index in [1.165, 1.54) is 28.5 Å². The standard InChI is InChI=1S/C19H22ClNOS/c1-4-18(17-10-5-13(2)11-14(17)3)21-19(22)12-23-16-8-6-15(20)7-9-16/h5-11,18H,4,12H2,1-3H3,(H,21,22)/t18-/m0/s1. The fraction of sp³-hybridized carbons (Fsp3) is 0.316. The molecular formula is C19H22ClNOS. The lowest BCUT2D eigenvalue weighted by Gasteiger charge is -2.20. The first-order chi connectivity index (χ1) is 11.0. The Morgan fingerprint density at radius 3 is 2.48 bits per heavy atom. The first-order valence-electron chi connectivity index (χ1n) is 7.74. The Bertz CT molecular complexity index is 670. The van der Waals surface area contributed by atoms with E-state index in [0.29, 0.717) is 10.8 Å². The van der Waals surface area contributed by atoms with Crippen LogP contribution in [-0.4, -0.2) is 11.7 Å². The zero-order valence-corrected chi connectivity index (χ0v) is 15.3. The van der Waals surface area contributed by atoms with Gasteiger partial charge in [-0.15, -0.1) is 11.8 Å². The van der Waals surface area contributed by atoms with Crippen molar-refractivity contribution >= 4 is 29.3 Å². The van der Waals surface area contributed by atoms with Crippen molar-refractivity contribution in [2.75, 3.05) is 5.75 Å². The Morgan fingerprint density at radius 1 is 1.17 bits per heavy atom. The largest absolute Gasteiger partial charge is 0.349 e. The van der Waals surface area contributed by atoms with E-state index in [2.05, 4.69) is 44.3 Å². The van der Waals surface area contributed by atoms with E-state index in [-0.39, 0.29) is 11.9 Å². The van der Waals surface area contributed by atoms with Crippen LogP contribution in [0.25, 0.3) is 0 Å². The third-order valence-electron chi connectivity index (χ3n) is 3.73. The van der Waals surface area contributed by atoms with E-state index >= 15 is 0 Å². The van der Waals surface area contributed by atoms with Gasteiger partial charge in [-0.3, -0.25) is 4.79 Å². The summed E-state index contributed by atoms with van der Waals surface area (Å²) in [6.07, 6.45) is 0.876. The summed E-state index contributed by atoms with van der Waals surface area (Å²) in [5.41, 5.74) is 3.66. The third kappa shape index (κ3) is 5.29. The van der Waals surface area contributed by atoms with Crippen molar-refractivity contribution in [3.63, 3.8) is 0 Å². The van der Waals surface area contributed by atoms with E-state index in [0.717, 1.165) is 11.3 Å². The number of carbonyl (C=O) groups is 1. The number of halogens is 1. The quantitative estimate of drug-likeness (QED) is 0.717. The van der Waals surface area contributed by atoms with Crippen molar-refractivity contribution in [2.45, 2.75) is 38.1 Å². The molecule has 0 saturated heterocycles. The number of carbonyl (C=O) groups excluding carboxylic acids is 1. The van der Waals surface area contributed by atoms with Gasteiger partial charge < -0.3 is 5.32 Å². The minimum Gasteiger partial charge on any atom is -0.349 e. The predicted molar refractivity (Wildman–Crippen MR) is 99.3 cm³/mol. The number of hydrogen-bond donors (Lipinski definition) is 1. The molecule has 0 aromatic heterocycles. The second-order valence-electron chi connectivity index (χ2n) is 5.63. The molecule has 0 fully saturated rings. The zero-order valence-electron chi connectivity index (χ0n) is 13.7. The molecule has 0 aliphatic heterocycles. The van der Waals surface area contributed by atoms with Crippen LogP contribution in [0.15, 0.2) is 47.4 Å². The fourth-order valence-corrected chi connectivity index (χ4v) is 3.37. The van der Waals surface area contributed by atoms with Crippen LogP contribution < -0.4 is 5.32 Å². The highest BCUT2D eigenvalue weighted by atomic mass is 35.5. The summed E-state index contributed by atoms with van der Waals surface area (Å²) < 4.78 is 0. The highest BCUT2D eigenvalue weighted by molar-refractivity contribution is 8.00. The second kappa shape index (κ2) is 8.42. The molecule has 4 heteroatoms. The zero-order chi connectivity index (χ0) is 16.8. The monoisotopic (exact) mass is 347 g/mol. The Hall–Kier alpha value is -1.45. The van der Waals surface area contributed by atoms with Crippen molar-refractivity contribution in [3.8, 4) is 0 Å². The predicted octanol–water partition coefficient (Wildman–Crippen LogP) is 5.32. The first-order valence-corrected chi connectivity index (χ1v) is 9.11. The average molecular weight is 348 g/mol. The number of thioether (sulfide) groups is 1. The van der Waals surface area contributed by atoms with Crippen molar-refractivity contribution in [3.05, 3.63) is 64.2 Å². The fourth-order valence-electron chi connectivity index (χ4n) is 2.53. The normalized spacial score (nSPS) is 12.0. The Balaban J connectivity index is 1.95. The van der Waals surface area contributed by atoms with Crippen molar-refractivity contribution < 1.29 is 4.79 Å². The lowest BCUT2D eigenvalue weighted by molar-refractivity contribution is -0.119. The van der Waals surface area contributed by atoms with Gasteiger partial charge in [-0.05, 0) is 55.7 Å². The Kier molecular flexibility index (Phi) is 6.55. The molecule has 1 amide bonds. The topological polar surface area (TPSA) is 29.1 Å². The highest BCUT2D eigenvalue weighted by Gasteiger charge is 2.15. The Labute approximate surface area is 147 Å². The van der Waals surface area contributed by atoms with Crippen LogP contribution in [-0.2, 0) is 4.79 Å². The van der Waals surface area contributed by atoms with Crippen LogP contribution >= 0.6 is 23.4 Å². The molecular weight excluding hydrogens is 326 g/mol. The molecule has 0 bridgehead atoms. The van der Waals surface area contributed by atoms with Crippen LogP contribution in [0.4, 0.5) is 0 Å². The molecule has 0 aliphatic rings. The molecule has 2 nitrogen and oxygen atoms in total. The summed E-state index contributed by atoms with van der Waals surface area (Å²) in [7, 11) is 0. The van der Waals surface area contributed by atoms with Gasteiger partial charge in [-0.2, -0.15) is 0 Å². The maximum atomic E-state index is 12.2. The van der Waals surface area contributed by atoms with Gasteiger partial charge in [0, 0.05) is 9.92 Å². The lowest BCUT2D eigenvalue weighted by Crippen LogP contribution is -2.30. The van der Waals surface area contributed by atoms with Crippen LogP contribution in [0, 0.1) is 13.8 Å². The van der Waals surface area contributed by atoms with Gasteiger partial charge in [0.05, 0.1) is 11.8 Å².